The van der Waals surface area contributed by atoms with Gasteiger partial charge in [0, 0.05) is 33.1 Å². The van der Waals surface area contributed by atoms with Gasteiger partial charge in [-0.25, -0.2) is 14.4 Å². The minimum atomic E-state index is -0.715. The van der Waals surface area contributed by atoms with Gasteiger partial charge in [-0.15, -0.1) is 0 Å². The molecule has 2 aromatic rings. The van der Waals surface area contributed by atoms with Gasteiger partial charge in [0.05, 0.1) is 0 Å². The molecule has 0 N–H and O–H groups in total. The first kappa shape index (κ1) is 21.6. The van der Waals surface area contributed by atoms with E-state index >= 15 is 0 Å². The smallest absolute Gasteiger partial charge is 0.338 e. The van der Waals surface area contributed by atoms with Crippen LogP contribution in [0.5, 0.6) is 17.2 Å². The quantitative estimate of drug-likeness (QED) is 0.405. The largest absolute Gasteiger partial charge is 0.422 e. The molecule has 0 unspecified atom stereocenters. The fraction of sp³-hybridized carbons (Fsp3) is 0.174. The van der Waals surface area contributed by atoms with Gasteiger partial charge in [-0.05, 0) is 27.7 Å². The molecule has 0 aromatic heterocycles. The number of carbonyl (C=O) groups is 3. The molecule has 6 nitrogen and oxygen atoms in total. The summed E-state index contributed by atoms with van der Waals surface area (Å²) in [7, 11) is 0. The molecule has 0 fully saturated rings. The Bertz CT molecular complexity index is 1070. The third kappa shape index (κ3) is 4.60. The van der Waals surface area contributed by atoms with Gasteiger partial charge in [0.15, 0.2) is 11.5 Å². The maximum Gasteiger partial charge on any atom is 0.338 e. The molecule has 0 saturated carbocycles. The molecule has 0 radical (unpaired) electrons. The molecule has 0 heterocycles. The van der Waals surface area contributed by atoms with Crippen LogP contribution in [-0.2, 0) is 14.4 Å². The van der Waals surface area contributed by atoms with Gasteiger partial charge in [-0.2, -0.15) is 0 Å². The molecule has 150 valence electrons. The molecule has 0 aliphatic carbocycles. The maximum atomic E-state index is 12.2. The third-order valence-corrected chi connectivity index (χ3v) is 3.93. The SMILES string of the molecule is C=C(C)C(=O)Oc1c(C)c(OC(=O)C(=C)C)c2ccccc2c1OC(=O)C(=C)C. The Balaban J connectivity index is 2.83. The molecule has 29 heavy (non-hydrogen) atoms. The Morgan fingerprint density at radius 2 is 1.00 bits per heavy atom. The lowest BCUT2D eigenvalue weighted by Crippen LogP contribution is -2.15. The number of hydrogen-bond donors (Lipinski definition) is 0. The van der Waals surface area contributed by atoms with Gasteiger partial charge >= 0.3 is 17.9 Å². The van der Waals surface area contributed by atoms with E-state index in [1.165, 1.54) is 20.8 Å². The average molecular weight is 394 g/mol. The summed E-state index contributed by atoms with van der Waals surface area (Å²) < 4.78 is 16.4. The van der Waals surface area contributed by atoms with Gasteiger partial charge in [0.2, 0.25) is 0 Å². The van der Waals surface area contributed by atoms with Crippen LogP contribution < -0.4 is 14.2 Å². The minimum Gasteiger partial charge on any atom is -0.422 e. The first-order valence-corrected chi connectivity index (χ1v) is 8.73. The fourth-order valence-electron chi connectivity index (χ4n) is 2.37. The van der Waals surface area contributed by atoms with Gasteiger partial charge < -0.3 is 14.2 Å². The van der Waals surface area contributed by atoms with Crippen LogP contribution in [0.1, 0.15) is 26.3 Å². The van der Waals surface area contributed by atoms with E-state index in [0.717, 1.165) is 0 Å². The van der Waals surface area contributed by atoms with E-state index in [-0.39, 0.29) is 34.0 Å². The Morgan fingerprint density at radius 3 is 1.41 bits per heavy atom. The lowest BCUT2D eigenvalue weighted by Gasteiger charge is -2.19. The summed E-state index contributed by atoms with van der Waals surface area (Å²) in [6.45, 7) is 16.8. The van der Waals surface area contributed by atoms with Crippen molar-refractivity contribution >= 4 is 28.7 Å². The van der Waals surface area contributed by atoms with Crippen molar-refractivity contribution in [2.45, 2.75) is 27.7 Å². The molecule has 0 aliphatic rings. The molecular weight excluding hydrogens is 372 g/mol. The molecule has 6 heteroatoms. The van der Waals surface area contributed by atoms with E-state index in [1.807, 2.05) is 0 Å². The van der Waals surface area contributed by atoms with Crippen LogP contribution >= 0.6 is 0 Å². The summed E-state index contributed by atoms with van der Waals surface area (Å²) in [6, 6.07) is 6.81. The lowest BCUT2D eigenvalue weighted by molar-refractivity contribution is -0.132. The summed E-state index contributed by atoms with van der Waals surface area (Å²) in [4.78, 5) is 36.6. The number of fused-ring (bicyclic) bond motifs is 1. The first-order valence-electron chi connectivity index (χ1n) is 8.73. The number of ether oxygens (including phenoxy) is 3. The summed E-state index contributed by atoms with van der Waals surface area (Å²) in [6.07, 6.45) is 0. The van der Waals surface area contributed by atoms with Crippen molar-refractivity contribution in [1.82, 2.24) is 0 Å². The summed E-state index contributed by atoms with van der Waals surface area (Å²) in [5.74, 6) is -1.89. The molecule has 2 aromatic carbocycles. The van der Waals surface area contributed by atoms with Crippen molar-refractivity contribution in [2.75, 3.05) is 0 Å². The van der Waals surface area contributed by atoms with Gasteiger partial charge in [-0.1, -0.05) is 44.0 Å². The number of carbonyl (C=O) groups excluding carboxylic acids is 3. The maximum absolute atomic E-state index is 12.2. The van der Waals surface area contributed by atoms with E-state index < -0.39 is 17.9 Å². The lowest BCUT2D eigenvalue weighted by atomic mass is 10.0. The molecular formula is C23H22O6. The normalized spacial score (nSPS) is 10.2. The number of hydrogen-bond acceptors (Lipinski definition) is 6. The van der Waals surface area contributed by atoms with Crippen LogP contribution in [0, 0.1) is 6.92 Å². The van der Waals surface area contributed by atoms with Crippen molar-refractivity contribution in [3.63, 3.8) is 0 Å². The monoisotopic (exact) mass is 394 g/mol. The van der Waals surface area contributed by atoms with Crippen LogP contribution in [0.4, 0.5) is 0 Å². The molecule has 0 amide bonds. The zero-order chi connectivity index (χ0) is 21.9. The van der Waals surface area contributed by atoms with E-state index in [4.69, 9.17) is 14.2 Å². The van der Waals surface area contributed by atoms with Crippen molar-refractivity contribution in [2.24, 2.45) is 0 Å². The second kappa shape index (κ2) is 8.56. The summed E-state index contributed by atoms with van der Waals surface area (Å²) >= 11 is 0. The van der Waals surface area contributed by atoms with Crippen LogP contribution in [0.3, 0.4) is 0 Å². The van der Waals surface area contributed by atoms with Crippen molar-refractivity contribution in [3.05, 3.63) is 66.3 Å². The predicted octanol–water partition coefficient (Wildman–Crippen LogP) is 4.59. The number of esters is 3. The topological polar surface area (TPSA) is 78.9 Å². The van der Waals surface area contributed by atoms with Crippen LogP contribution in [0.15, 0.2) is 60.7 Å². The second-order valence-corrected chi connectivity index (χ2v) is 6.67. The van der Waals surface area contributed by atoms with E-state index in [9.17, 15) is 14.4 Å². The Kier molecular flexibility index (Phi) is 6.38. The Hall–Kier alpha value is -3.67. The highest BCUT2D eigenvalue weighted by molar-refractivity contribution is 6.03. The van der Waals surface area contributed by atoms with E-state index in [1.54, 1.807) is 31.2 Å². The summed E-state index contributed by atoms with van der Waals surface area (Å²) in [5.41, 5.74) is 0.820. The third-order valence-electron chi connectivity index (χ3n) is 3.93. The van der Waals surface area contributed by atoms with Gasteiger partial charge in [0.1, 0.15) is 5.75 Å². The molecule has 0 spiro atoms. The molecule has 0 aliphatic heterocycles. The van der Waals surface area contributed by atoms with Crippen molar-refractivity contribution < 1.29 is 28.6 Å². The van der Waals surface area contributed by atoms with Crippen molar-refractivity contribution in [1.29, 1.82) is 0 Å². The van der Waals surface area contributed by atoms with Gasteiger partial charge in [-0.3, -0.25) is 0 Å². The molecule has 0 atom stereocenters. The summed E-state index contributed by atoms with van der Waals surface area (Å²) in [5, 5.41) is 0.918. The standard InChI is InChI=1S/C23H22O6/c1-12(2)21(24)27-18-15(7)19(28-22(25)13(3)4)20(29-23(26)14(5)6)17-11-9-8-10-16(17)18/h8-11H,1,3,5H2,2,4,6-7H3. The molecule has 0 saturated heterocycles. The number of rotatable bonds is 6. The predicted molar refractivity (Wildman–Crippen MR) is 110 cm³/mol. The van der Waals surface area contributed by atoms with Gasteiger partial charge in [0.25, 0.3) is 0 Å². The van der Waals surface area contributed by atoms with E-state index in [2.05, 4.69) is 19.7 Å². The van der Waals surface area contributed by atoms with E-state index in [0.29, 0.717) is 16.3 Å². The minimum absolute atomic E-state index is 0.0239. The highest BCUT2D eigenvalue weighted by atomic mass is 16.6. The van der Waals surface area contributed by atoms with Crippen LogP contribution in [0.2, 0.25) is 0 Å². The Morgan fingerprint density at radius 1 is 0.655 bits per heavy atom. The molecule has 2 rings (SSSR count). The number of benzene rings is 2. The Labute approximate surface area is 169 Å². The van der Waals surface area contributed by atoms with Crippen molar-refractivity contribution in [3.8, 4) is 17.2 Å². The molecule has 0 bridgehead atoms. The average Bonchev–Trinajstić information content (AvgIpc) is 2.66. The zero-order valence-electron chi connectivity index (χ0n) is 16.9. The second-order valence-electron chi connectivity index (χ2n) is 6.67. The zero-order valence-corrected chi connectivity index (χ0v) is 16.9. The highest BCUT2D eigenvalue weighted by Gasteiger charge is 2.26. The van der Waals surface area contributed by atoms with Crippen LogP contribution in [-0.4, -0.2) is 17.9 Å². The highest BCUT2D eigenvalue weighted by Crippen LogP contribution is 2.46. The first-order chi connectivity index (χ1) is 13.5. The fourth-order valence-corrected chi connectivity index (χ4v) is 2.37. The van der Waals surface area contributed by atoms with Crippen LogP contribution in [0.25, 0.3) is 10.8 Å².